The minimum Gasteiger partial charge on any atom is -0.497 e. The number of carbonyl (C=O) groups excluding carboxylic acids is 1. The topological polar surface area (TPSA) is 84.9 Å². The van der Waals surface area contributed by atoms with Crippen molar-refractivity contribution < 1.29 is 22.7 Å². The van der Waals surface area contributed by atoms with E-state index in [9.17, 15) is 13.2 Å². The number of carbonyl (C=O) groups is 1. The lowest BCUT2D eigenvalue weighted by atomic mass is 10.1. The minimum absolute atomic E-state index is 0.317. The summed E-state index contributed by atoms with van der Waals surface area (Å²) >= 11 is 0. The predicted molar refractivity (Wildman–Crippen MR) is 97.2 cm³/mol. The van der Waals surface area contributed by atoms with Crippen LogP contribution < -0.4 is 19.1 Å². The molecule has 0 saturated heterocycles. The van der Waals surface area contributed by atoms with E-state index < -0.39 is 15.9 Å². The van der Waals surface area contributed by atoms with E-state index in [0.29, 0.717) is 28.4 Å². The normalized spacial score (nSPS) is 10.9. The van der Waals surface area contributed by atoms with E-state index in [0.717, 1.165) is 10.6 Å². The summed E-state index contributed by atoms with van der Waals surface area (Å²) in [6, 6.07) is 11.4. The summed E-state index contributed by atoms with van der Waals surface area (Å²) in [5, 5.41) is 2.75. The quantitative estimate of drug-likeness (QED) is 0.850. The summed E-state index contributed by atoms with van der Waals surface area (Å²) in [4.78, 5) is 12.5. The van der Waals surface area contributed by atoms with Gasteiger partial charge in [-0.2, -0.15) is 0 Å². The van der Waals surface area contributed by atoms with Crippen LogP contribution in [-0.4, -0.2) is 41.8 Å². The molecule has 25 heavy (non-hydrogen) atoms. The Labute approximate surface area is 147 Å². The van der Waals surface area contributed by atoms with Gasteiger partial charge in [-0.15, -0.1) is 0 Å². The molecule has 0 fully saturated rings. The zero-order valence-electron chi connectivity index (χ0n) is 14.4. The molecule has 0 atom stereocenters. The van der Waals surface area contributed by atoms with Crippen molar-refractivity contribution in [3.05, 3.63) is 48.0 Å². The maximum Gasteiger partial charge on any atom is 0.255 e. The van der Waals surface area contributed by atoms with Gasteiger partial charge in [-0.25, -0.2) is 8.42 Å². The fraction of sp³-hybridized carbons (Fsp3) is 0.235. The molecule has 1 amide bonds. The van der Waals surface area contributed by atoms with Crippen LogP contribution in [0.15, 0.2) is 42.5 Å². The van der Waals surface area contributed by atoms with Gasteiger partial charge in [0.25, 0.3) is 5.91 Å². The molecule has 0 aliphatic carbocycles. The van der Waals surface area contributed by atoms with E-state index in [4.69, 9.17) is 9.47 Å². The number of hydrogen-bond donors (Lipinski definition) is 1. The summed E-state index contributed by atoms with van der Waals surface area (Å²) < 4.78 is 34.8. The third-order valence-corrected chi connectivity index (χ3v) is 4.83. The molecule has 0 spiro atoms. The molecule has 0 radical (unpaired) electrons. The first-order chi connectivity index (χ1) is 11.8. The number of hydrogen-bond acceptors (Lipinski definition) is 5. The Hall–Kier alpha value is -2.74. The summed E-state index contributed by atoms with van der Waals surface area (Å²) in [5.74, 6) is 0.663. The number of methoxy groups -OCH3 is 2. The second-order valence-electron chi connectivity index (χ2n) is 5.30. The minimum atomic E-state index is -3.41. The first-order valence-electron chi connectivity index (χ1n) is 7.33. The zero-order valence-corrected chi connectivity index (χ0v) is 15.3. The first-order valence-corrected chi connectivity index (χ1v) is 9.18. The molecule has 0 unspecified atom stereocenters. The lowest BCUT2D eigenvalue weighted by Gasteiger charge is -2.17. The monoisotopic (exact) mass is 364 g/mol. The number of ether oxygens (including phenoxy) is 2. The van der Waals surface area contributed by atoms with Gasteiger partial charge in [0.1, 0.15) is 11.5 Å². The van der Waals surface area contributed by atoms with Crippen molar-refractivity contribution in [1.82, 2.24) is 0 Å². The van der Waals surface area contributed by atoms with Crippen LogP contribution in [0.5, 0.6) is 11.5 Å². The van der Waals surface area contributed by atoms with Gasteiger partial charge in [0.2, 0.25) is 10.0 Å². The number of anilines is 2. The molecule has 0 aromatic heterocycles. The molecule has 2 rings (SSSR count). The van der Waals surface area contributed by atoms with Crippen LogP contribution in [0.4, 0.5) is 11.4 Å². The molecule has 0 heterocycles. The fourth-order valence-corrected chi connectivity index (χ4v) is 2.64. The molecular formula is C17H20N2O5S. The van der Waals surface area contributed by atoms with Crippen molar-refractivity contribution in [3.63, 3.8) is 0 Å². The largest absolute Gasteiger partial charge is 0.497 e. The molecule has 7 nitrogen and oxygen atoms in total. The standard InChI is InChI=1S/C17H20N2O5S/c1-19(25(4,21)22)13-7-5-6-12(10-13)17(20)18-15-11-14(23-2)8-9-16(15)24-3/h5-11H,1-4H3,(H,18,20). The van der Waals surface area contributed by atoms with Crippen molar-refractivity contribution in [2.24, 2.45) is 0 Å². The van der Waals surface area contributed by atoms with E-state index >= 15 is 0 Å². The Morgan fingerprint density at radius 1 is 1.08 bits per heavy atom. The van der Waals surface area contributed by atoms with E-state index in [1.165, 1.54) is 27.3 Å². The van der Waals surface area contributed by atoms with Crippen LogP contribution >= 0.6 is 0 Å². The third-order valence-electron chi connectivity index (χ3n) is 3.62. The fourth-order valence-electron chi connectivity index (χ4n) is 2.14. The van der Waals surface area contributed by atoms with Crippen molar-refractivity contribution in [1.29, 1.82) is 0 Å². The highest BCUT2D eigenvalue weighted by Crippen LogP contribution is 2.29. The average Bonchev–Trinajstić information content (AvgIpc) is 2.60. The summed E-state index contributed by atoms with van der Waals surface area (Å²) in [6.07, 6.45) is 1.10. The van der Waals surface area contributed by atoms with Gasteiger partial charge < -0.3 is 14.8 Å². The molecule has 0 aliphatic rings. The van der Waals surface area contributed by atoms with Gasteiger partial charge in [-0.05, 0) is 30.3 Å². The molecule has 134 valence electrons. The van der Waals surface area contributed by atoms with Crippen LogP contribution in [0.1, 0.15) is 10.4 Å². The van der Waals surface area contributed by atoms with Gasteiger partial charge in [-0.3, -0.25) is 9.10 Å². The Bertz CT molecular complexity index is 880. The highest BCUT2D eigenvalue weighted by Gasteiger charge is 2.15. The summed E-state index contributed by atoms with van der Waals surface area (Å²) in [7, 11) is 1.04. The van der Waals surface area contributed by atoms with Gasteiger partial charge in [0, 0.05) is 18.7 Å². The number of rotatable bonds is 6. The smallest absolute Gasteiger partial charge is 0.255 e. The first kappa shape index (κ1) is 18.6. The number of amides is 1. The average molecular weight is 364 g/mol. The lowest BCUT2D eigenvalue weighted by molar-refractivity contribution is 0.102. The SMILES string of the molecule is COc1ccc(OC)c(NC(=O)c2cccc(N(C)S(C)(=O)=O)c2)c1. The van der Waals surface area contributed by atoms with E-state index in [-0.39, 0.29) is 0 Å². The number of nitrogens with zero attached hydrogens (tertiary/aromatic N) is 1. The van der Waals surface area contributed by atoms with E-state index in [2.05, 4.69) is 5.32 Å². The molecule has 2 aromatic carbocycles. The van der Waals surface area contributed by atoms with Gasteiger partial charge in [-0.1, -0.05) is 6.07 Å². The van der Waals surface area contributed by atoms with Gasteiger partial charge >= 0.3 is 0 Å². The Balaban J connectivity index is 2.30. The molecular weight excluding hydrogens is 344 g/mol. The highest BCUT2D eigenvalue weighted by atomic mass is 32.2. The number of nitrogens with one attached hydrogen (secondary N) is 1. The number of sulfonamides is 1. The van der Waals surface area contributed by atoms with Gasteiger partial charge in [0.05, 0.1) is 31.9 Å². The summed E-state index contributed by atoms with van der Waals surface area (Å²) in [5.41, 5.74) is 1.17. The molecule has 0 saturated carbocycles. The molecule has 1 N–H and O–H groups in total. The Morgan fingerprint density at radius 2 is 1.80 bits per heavy atom. The van der Waals surface area contributed by atoms with Crippen molar-refractivity contribution in [2.75, 3.05) is 37.1 Å². The van der Waals surface area contributed by atoms with E-state index in [1.54, 1.807) is 36.4 Å². The van der Waals surface area contributed by atoms with E-state index in [1.807, 2.05) is 0 Å². The van der Waals surface area contributed by atoms with Crippen LogP contribution in [0.3, 0.4) is 0 Å². The molecule has 2 aromatic rings. The second kappa shape index (κ2) is 7.43. The molecule has 0 aliphatic heterocycles. The van der Waals surface area contributed by atoms with Crippen LogP contribution in [0.25, 0.3) is 0 Å². The van der Waals surface area contributed by atoms with Gasteiger partial charge in [0.15, 0.2) is 0 Å². The van der Waals surface area contributed by atoms with Crippen LogP contribution in [-0.2, 0) is 10.0 Å². The number of benzene rings is 2. The highest BCUT2D eigenvalue weighted by molar-refractivity contribution is 7.92. The third kappa shape index (κ3) is 4.42. The maximum absolute atomic E-state index is 12.5. The van der Waals surface area contributed by atoms with Crippen molar-refractivity contribution in [3.8, 4) is 11.5 Å². The molecule has 0 bridgehead atoms. The van der Waals surface area contributed by atoms with Crippen molar-refractivity contribution >= 4 is 27.3 Å². The Morgan fingerprint density at radius 3 is 2.40 bits per heavy atom. The van der Waals surface area contributed by atoms with Crippen molar-refractivity contribution in [2.45, 2.75) is 0 Å². The molecule has 8 heteroatoms. The van der Waals surface area contributed by atoms with Crippen LogP contribution in [0, 0.1) is 0 Å². The Kier molecular flexibility index (Phi) is 5.53. The maximum atomic E-state index is 12.5. The zero-order chi connectivity index (χ0) is 18.6. The summed E-state index contributed by atoms with van der Waals surface area (Å²) in [6.45, 7) is 0. The van der Waals surface area contributed by atoms with Crippen LogP contribution in [0.2, 0.25) is 0 Å². The predicted octanol–water partition coefficient (Wildman–Crippen LogP) is 2.35. The second-order valence-corrected chi connectivity index (χ2v) is 7.31. The lowest BCUT2D eigenvalue weighted by Crippen LogP contribution is -2.25.